The number of carbonyl (C=O) groups is 2. The minimum atomic E-state index is -0.369. The molecular formula is C12H19N3O4. The molecule has 0 N–H and O–H groups in total. The Labute approximate surface area is 112 Å². The highest BCUT2D eigenvalue weighted by Gasteiger charge is 2.14. The summed E-state index contributed by atoms with van der Waals surface area (Å²) in [6, 6.07) is 0. The summed E-state index contributed by atoms with van der Waals surface area (Å²) in [6.07, 6.45) is 6.10. The second-order valence-corrected chi connectivity index (χ2v) is 4.02. The van der Waals surface area contributed by atoms with E-state index < -0.39 is 0 Å². The summed E-state index contributed by atoms with van der Waals surface area (Å²) < 4.78 is 11.1. The quantitative estimate of drug-likeness (QED) is 0.615. The summed E-state index contributed by atoms with van der Waals surface area (Å²) in [5.74, 6) is -0.738. The second kappa shape index (κ2) is 8.25. The van der Waals surface area contributed by atoms with E-state index in [0.717, 1.165) is 13.0 Å². The number of nitrogens with zero attached hydrogens (tertiary/aromatic N) is 3. The molecule has 0 bridgehead atoms. The van der Waals surface area contributed by atoms with Gasteiger partial charge in [0.05, 0.1) is 33.6 Å². The van der Waals surface area contributed by atoms with E-state index in [4.69, 9.17) is 0 Å². The van der Waals surface area contributed by atoms with Crippen LogP contribution >= 0.6 is 0 Å². The SMILES string of the molecule is COC(=O)CN(CCCn1ccnc1)CC(=O)OC. The Morgan fingerprint density at radius 3 is 2.32 bits per heavy atom. The Hall–Kier alpha value is -1.89. The first-order valence-corrected chi connectivity index (χ1v) is 5.97. The average molecular weight is 269 g/mol. The van der Waals surface area contributed by atoms with Crippen molar-refractivity contribution in [3.63, 3.8) is 0 Å². The van der Waals surface area contributed by atoms with Crippen LogP contribution in [0.15, 0.2) is 18.7 Å². The van der Waals surface area contributed by atoms with Gasteiger partial charge in [0.15, 0.2) is 0 Å². The van der Waals surface area contributed by atoms with Crippen molar-refractivity contribution in [2.75, 3.05) is 33.9 Å². The molecule has 0 fully saturated rings. The number of aromatic nitrogens is 2. The van der Waals surface area contributed by atoms with Crippen LogP contribution in [0.1, 0.15) is 6.42 Å². The molecule has 0 saturated carbocycles. The number of hydrogen-bond donors (Lipinski definition) is 0. The summed E-state index contributed by atoms with van der Waals surface area (Å²) in [4.78, 5) is 28.2. The summed E-state index contributed by atoms with van der Waals surface area (Å²) in [5.41, 5.74) is 0. The van der Waals surface area contributed by atoms with Gasteiger partial charge in [0, 0.05) is 25.5 Å². The zero-order valence-electron chi connectivity index (χ0n) is 11.2. The molecule has 0 amide bonds. The van der Waals surface area contributed by atoms with Gasteiger partial charge in [0.2, 0.25) is 0 Å². The average Bonchev–Trinajstić information content (AvgIpc) is 2.91. The fraction of sp³-hybridized carbons (Fsp3) is 0.583. The molecule has 1 aromatic heterocycles. The summed E-state index contributed by atoms with van der Waals surface area (Å²) in [7, 11) is 2.65. The molecule has 7 heteroatoms. The minimum Gasteiger partial charge on any atom is -0.468 e. The van der Waals surface area contributed by atoms with Crippen LogP contribution < -0.4 is 0 Å². The molecule has 0 radical (unpaired) electrons. The number of carbonyl (C=O) groups excluding carboxylic acids is 2. The van der Waals surface area contributed by atoms with Gasteiger partial charge in [-0.25, -0.2) is 4.98 Å². The van der Waals surface area contributed by atoms with Gasteiger partial charge in [-0.15, -0.1) is 0 Å². The number of methoxy groups -OCH3 is 2. The lowest BCUT2D eigenvalue weighted by molar-refractivity contribution is -0.145. The van der Waals surface area contributed by atoms with Crippen LogP contribution in [0.4, 0.5) is 0 Å². The van der Waals surface area contributed by atoms with E-state index in [1.165, 1.54) is 14.2 Å². The maximum Gasteiger partial charge on any atom is 0.319 e. The van der Waals surface area contributed by atoms with Gasteiger partial charge in [-0.2, -0.15) is 0 Å². The van der Waals surface area contributed by atoms with Gasteiger partial charge in [0.1, 0.15) is 0 Å². The van der Waals surface area contributed by atoms with Gasteiger partial charge in [0.25, 0.3) is 0 Å². The number of esters is 2. The molecule has 1 heterocycles. The predicted octanol–water partition coefficient (Wildman–Crippen LogP) is -0.0788. The topological polar surface area (TPSA) is 73.7 Å². The Morgan fingerprint density at radius 1 is 1.21 bits per heavy atom. The van der Waals surface area contributed by atoms with E-state index in [9.17, 15) is 9.59 Å². The van der Waals surface area contributed by atoms with E-state index in [1.54, 1.807) is 17.4 Å². The highest BCUT2D eigenvalue weighted by Crippen LogP contribution is 1.97. The molecule has 0 aliphatic heterocycles. The molecule has 0 aromatic carbocycles. The molecular weight excluding hydrogens is 250 g/mol. The first-order valence-electron chi connectivity index (χ1n) is 5.97. The van der Waals surface area contributed by atoms with Crippen LogP contribution in [0.5, 0.6) is 0 Å². The fourth-order valence-electron chi connectivity index (χ4n) is 1.60. The third-order valence-electron chi connectivity index (χ3n) is 2.61. The van der Waals surface area contributed by atoms with Gasteiger partial charge in [-0.05, 0) is 6.42 Å². The van der Waals surface area contributed by atoms with Crippen molar-refractivity contribution in [3.05, 3.63) is 18.7 Å². The first kappa shape index (κ1) is 15.2. The molecule has 0 atom stereocenters. The van der Waals surface area contributed by atoms with E-state index in [1.807, 2.05) is 10.8 Å². The Balaban J connectivity index is 2.38. The van der Waals surface area contributed by atoms with Gasteiger partial charge in [-0.1, -0.05) is 0 Å². The van der Waals surface area contributed by atoms with Crippen molar-refractivity contribution in [2.24, 2.45) is 0 Å². The van der Waals surface area contributed by atoms with Crippen LogP contribution in [0.25, 0.3) is 0 Å². The van der Waals surface area contributed by atoms with E-state index in [-0.39, 0.29) is 25.0 Å². The van der Waals surface area contributed by atoms with E-state index in [2.05, 4.69) is 14.5 Å². The monoisotopic (exact) mass is 269 g/mol. The van der Waals surface area contributed by atoms with Crippen LogP contribution in [0, 0.1) is 0 Å². The maximum atomic E-state index is 11.3. The lowest BCUT2D eigenvalue weighted by atomic mass is 10.3. The number of rotatable bonds is 8. The lowest BCUT2D eigenvalue weighted by Gasteiger charge is -2.19. The van der Waals surface area contributed by atoms with E-state index in [0.29, 0.717) is 6.54 Å². The van der Waals surface area contributed by atoms with Crippen molar-refractivity contribution in [3.8, 4) is 0 Å². The van der Waals surface area contributed by atoms with Crippen molar-refractivity contribution in [1.29, 1.82) is 0 Å². The molecule has 0 unspecified atom stereocenters. The second-order valence-electron chi connectivity index (χ2n) is 4.02. The third kappa shape index (κ3) is 6.01. The number of imidazole rings is 1. The van der Waals surface area contributed by atoms with E-state index >= 15 is 0 Å². The zero-order valence-corrected chi connectivity index (χ0v) is 11.2. The Kier molecular flexibility index (Phi) is 6.59. The molecule has 0 saturated heterocycles. The van der Waals surface area contributed by atoms with Crippen molar-refractivity contribution in [2.45, 2.75) is 13.0 Å². The lowest BCUT2D eigenvalue weighted by Crippen LogP contribution is -2.36. The molecule has 0 aliphatic rings. The van der Waals surface area contributed by atoms with Crippen LogP contribution in [0.2, 0.25) is 0 Å². The van der Waals surface area contributed by atoms with Gasteiger partial charge < -0.3 is 14.0 Å². The highest BCUT2D eigenvalue weighted by molar-refractivity contribution is 5.74. The standard InChI is InChI=1S/C12H19N3O4/c1-18-11(16)8-15(9-12(17)19-2)6-3-5-14-7-4-13-10-14/h4,7,10H,3,5-6,8-9H2,1-2H3. The fourth-order valence-corrected chi connectivity index (χ4v) is 1.60. The molecule has 1 rings (SSSR count). The number of aryl methyl sites for hydroxylation is 1. The number of hydrogen-bond acceptors (Lipinski definition) is 6. The molecule has 106 valence electrons. The van der Waals surface area contributed by atoms with Gasteiger partial charge in [-0.3, -0.25) is 14.5 Å². The number of ether oxygens (including phenoxy) is 2. The van der Waals surface area contributed by atoms with Crippen LogP contribution in [-0.4, -0.2) is 60.2 Å². The highest BCUT2D eigenvalue weighted by atomic mass is 16.5. The Morgan fingerprint density at radius 2 is 1.84 bits per heavy atom. The van der Waals surface area contributed by atoms with Gasteiger partial charge >= 0.3 is 11.9 Å². The minimum absolute atomic E-state index is 0.0789. The first-order chi connectivity index (χ1) is 9.15. The molecule has 1 aromatic rings. The smallest absolute Gasteiger partial charge is 0.319 e. The van der Waals surface area contributed by atoms with Crippen molar-refractivity contribution < 1.29 is 19.1 Å². The van der Waals surface area contributed by atoms with Crippen LogP contribution in [0.3, 0.4) is 0 Å². The summed E-state index contributed by atoms with van der Waals surface area (Å²) in [6.45, 7) is 1.53. The van der Waals surface area contributed by atoms with Crippen LogP contribution in [-0.2, 0) is 25.6 Å². The third-order valence-corrected chi connectivity index (χ3v) is 2.61. The normalized spacial score (nSPS) is 10.5. The largest absolute Gasteiger partial charge is 0.468 e. The Bertz CT molecular complexity index is 374. The van der Waals surface area contributed by atoms with Crippen molar-refractivity contribution in [1.82, 2.24) is 14.5 Å². The van der Waals surface area contributed by atoms with Crippen molar-refractivity contribution >= 4 is 11.9 Å². The molecule has 19 heavy (non-hydrogen) atoms. The molecule has 0 spiro atoms. The summed E-state index contributed by atoms with van der Waals surface area (Å²) in [5, 5.41) is 0. The predicted molar refractivity (Wildman–Crippen MR) is 67.3 cm³/mol. The zero-order chi connectivity index (χ0) is 14.1. The molecule has 0 aliphatic carbocycles. The maximum absolute atomic E-state index is 11.3. The summed E-state index contributed by atoms with van der Waals surface area (Å²) >= 11 is 0. The molecule has 7 nitrogen and oxygen atoms in total.